The van der Waals surface area contributed by atoms with Crippen molar-refractivity contribution in [3.8, 4) is 0 Å². The summed E-state index contributed by atoms with van der Waals surface area (Å²) in [5.41, 5.74) is 5.66. The summed E-state index contributed by atoms with van der Waals surface area (Å²) in [4.78, 5) is 16.8. The molecule has 1 atom stereocenters. The molecule has 0 bridgehead atoms. The van der Waals surface area contributed by atoms with Crippen LogP contribution in [-0.4, -0.2) is 22.5 Å². The van der Waals surface area contributed by atoms with Crippen molar-refractivity contribution in [2.24, 2.45) is 0 Å². The van der Waals surface area contributed by atoms with Crippen molar-refractivity contribution in [3.63, 3.8) is 0 Å². The Morgan fingerprint density at radius 3 is 3.00 bits per heavy atom. The predicted molar refractivity (Wildman–Crippen MR) is 70.6 cm³/mol. The summed E-state index contributed by atoms with van der Waals surface area (Å²) < 4.78 is 0. The summed E-state index contributed by atoms with van der Waals surface area (Å²) in [5.74, 6) is 0.841. The largest absolute Gasteiger partial charge is 0.383 e. The van der Waals surface area contributed by atoms with Gasteiger partial charge in [-0.25, -0.2) is 4.98 Å². The molecular formula is C12H18N4O2. The third-order valence-electron chi connectivity index (χ3n) is 3.42. The second-order valence-electron chi connectivity index (χ2n) is 4.62. The fourth-order valence-electron chi connectivity index (χ4n) is 2.50. The van der Waals surface area contributed by atoms with Crippen LogP contribution in [0.5, 0.6) is 0 Å². The molecule has 6 nitrogen and oxygen atoms in total. The first kappa shape index (κ1) is 12.6. The van der Waals surface area contributed by atoms with E-state index in [1.807, 2.05) is 0 Å². The van der Waals surface area contributed by atoms with E-state index >= 15 is 0 Å². The molecule has 1 aromatic rings. The van der Waals surface area contributed by atoms with Gasteiger partial charge in [0, 0.05) is 12.6 Å². The molecule has 2 rings (SSSR count). The fourth-order valence-corrected chi connectivity index (χ4v) is 2.50. The lowest BCUT2D eigenvalue weighted by molar-refractivity contribution is -0.384. The van der Waals surface area contributed by atoms with Crippen LogP contribution in [0.4, 0.5) is 17.3 Å². The van der Waals surface area contributed by atoms with Crippen LogP contribution < -0.4 is 10.6 Å². The molecule has 0 aromatic carbocycles. The average Bonchev–Trinajstić information content (AvgIpc) is 2.38. The molecule has 1 fully saturated rings. The molecule has 6 heteroatoms. The van der Waals surface area contributed by atoms with Crippen LogP contribution in [0, 0.1) is 10.1 Å². The van der Waals surface area contributed by atoms with Gasteiger partial charge in [-0.2, -0.15) is 0 Å². The standard InChI is InChI=1S/C12H18N4O2/c1-2-9-5-3-4-6-15(9)12-8-10(16(17)18)7-11(13)14-12/h7-9H,2-6H2,1H3,(H2,13,14). The first-order valence-corrected chi connectivity index (χ1v) is 6.30. The van der Waals surface area contributed by atoms with Gasteiger partial charge in [0.1, 0.15) is 11.6 Å². The second-order valence-corrected chi connectivity index (χ2v) is 4.62. The lowest BCUT2D eigenvalue weighted by Crippen LogP contribution is -2.39. The van der Waals surface area contributed by atoms with Crippen molar-refractivity contribution >= 4 is 17.3 Å². The third kappa shape index (κ3) is 2.52. The number of rotatable bonds is 3. The zero-order chi connectivity index (χ0) is 13.1. The number of anilines is 2. The molecule has 98 valence electrons. The molecule has 18 heavy (non-hydrogen) atoms. The van der Waals surface area contributed by atoms with Gasteiger partial charge < -0.3 is 10.6 Å². The summed E-state index contributed by atoms with van der Waals surface area (Å²) in [6.45, 7) is 3.02. The minimum absolute atomic E-state index is 0.0120. The highest BCUT2D eigenvalue weighted by atomic mass is 16.6. The predicted octanol–water partition coefficient (Wildman–Crippen LogP) is 2.34. The highest BCUT2D eigenvalue weighted by Crippen LogP contribution is 2.28. The molecule has 2 heterocycles. The summed E-state index contributed by atoms with van der Waals surface area (Å²) in [7, 11) is 0. The van der Waals surface area contributed by atoms with Crippen molar-refractivity contribution in [1.82, 2.24) is 4.98 Å². The molecule has 2 N–H and O–H groups in total. The van der Waals surface area contributed by atoms with E-state index in [9.17, 15) is 10.1 Å². The Morgan fingerprint density at radius 1 is 1.56 bits per heavy atom. The Kier molecular flexibility index (Phi) is 3.64. The van der Waals surface area contributed by atoms with Gasteiger partial charge in [0.2, 0.25) is 0 Å². The van der Waals surface area contributed by atoms with E-state index in [4.69, 9.17) is 5.73 Å². The topological polar surface area (TPSA) is 85.3 Å². The first-order chi connectivity index (χ1) is 8.61. The molecule has 1 saturated heterocycles. The van der Waals surface area contributed by atoms with Crippen LogP contribution >= 0.6 is 0 Å². The SMILES string of the molecule is CCC1CCCCN1c1cc([N+](=O)[O-])cc(N)n1. The lowest BCUT2D eigenvalue weighted by atomic mass is 10.00. The highest BCUT2D eigenvalue weighted by molar-refractivity contribution is 5.54. The molecular weight excluding hydrogens is 232 g/mol. The summed E-state index contributed by atoms with van der Waals surface area (Å²) >= 11 is 0. The van der Waals surface area contributed by atoms with Gasteiger partial charge in [-0.3, -0.25) is 10.1 Å². The van der Waals surface area contributed by atoms with Gasteiger partial charge in [-0.1, -0.05) is 6.92 Å². The Morgan fingerprint density at radius 2 is 2.33 bits per heavy atom. The van der Waals surface area contributed by atoms with Gasteiger partial charge in [-0.05, 0) is 25.7 Å². The van der Waals surface area contributed by atoms with Crippen molar-refractivity contribution in [3.05, 3.63) is 22.2 Å². The van der Waals surface area contributed by atoms with E-state index in [0.717, 1.165) is 25.8 Å². The van der Waals surface area contributed by atoms with Crippen LogP contribution in [0.1, 0.15) is 32.6 Å². The van der Waals surface area contributed by atoms with Gasteiger partial charge >= 0.3 is 0 Å². The zero-order valence-electron chi connectivity index (χ0n) is 10.5. The number of piperidine rings is 1. The van der Waals surface area contributed by atoms with E-state index < -0.39 is 4.92 Å². The van der Waals surface area contributed by atoms with Crippen molar-refractivity contribution in [2.45, 2.75) is 38.6 Å². The van der Waals surface area contributed by atoms with Crippen LogP contribution in [0.25, 0.3) is 0 Å². The Bertz CT molecular complexity index is 450. The molecule has 1 unspecified atom stereocenters. The molecule has 0 radical (unpaired) electrons. The normalized spacial score (nSPS) is 19.8. The van der Waals surface area contributed by atoms with Crippen molar-refractivity contribution in [2.75, 3.05) is 17.2 Å². The van der Waals surface area contributed by atoms with Gasteiger partial charge in [-0.15, -0.1) is 0 Å². The maximum atomic E-state index is 10.8. The van der Waals surface area contributed by atoms with Crippen LogP contribution in [0.3, 0.4) is 0 Å². The Balaban J connectivity index is 2.33. The lowest BCUT2D eigenvalue weighted by Gasteiger charge is -2.36. The van der Waals surface area contributed by atoms with Crippen LogP contribution in [-0.2, 0) is 0 Å². The maximum absolute atomic E-state index is 10.8. The molecule has 0 amide bonds. The quantitative estimate of drug-likeness (QED) is 0.657. The van der Waals surface area contributed by atoms with Crippen molar-refractivity contribution < 1.29 is 4.92 Å². The Hall–Kier alpha value is -1.85. The van der Waals surface area contributed by atoms with Gasteiger partial charge in [0.05, 0.1) is 17.1 Å². The zero-order valence-corrected chi connectivity index (χ0v) is 10.5. The van der Waals surface area contributed by atoms with E-state index in [-0.39, 0.29) is 11.5 Å². The molecule has 1 aliphatic rings. The average molecular weight is 250 g/mol. The minimum atomic E-state index is -0.424. The number of nitrogen functional groups attached to an aromatic ring is 1. The van der Waals surface area contributed by atoms with Crippen molar-refractivity contribution in [1.29, 1.82) is 0 Å². The highest BCUT2D eigenvalue weighted by Gasteiger charge is 2.24. The van der Waals surface area contributed by atoms with E-state index in [1.54, 1.807) is 0 Å². The summed E-state index contributed by atoms with van der Waals surface area (Å²) in [5, 5.41) is 10.8. The van der Waals surface area contributed by atoms with Gasteiger partial charge in [0.25, 0.3) is 5.69 Å². The molecule has 0 aliphatic carbocycles. The minimum Gasteiger partial charge on any atom is -0.383 e. The van der Waals surface area contributed by atoms with Gasteiger partial charge in [0.15, 0.2) is 0 Å². The van der Waals surface area contributed by atoms with E-state index in [0.29, 0.717) is 11.9 Å². The monoisotopic (exact) mass is 250 g/mol. The Labute approximate surface area is 106 Å². The second kappa shape index (κ2) is 5.20. The summed E-state index contributed by atoms with van der Waals surface area (Å²) in [6.07, 6.45) is 4.44. The molecule has 1 aromatic heterocycles. The number of hydrogen-bond acceptors (Lipinski definition) is 5. The number of hydrogen-bond donors (Lipinski definition) is 1. The fraction of sp³-hybridized carbons (Fsp3) is 0.583. The molecule has 1 aliphatic heterocycles. The number of pyridine rings is 1. The maximum Gasteiger partial charge on any atom is 0.276 e. The van der Waals surface area contributed by atoms with Crippen LogP contribution in [0.2, 0.25) is 0 Å². The number of aromatic nitrogens is 1. The molecule has 0 spiro atoms. The molecule has 0 saturated carbocycles. The van der Waals surface area contributed by atoms with E-state index in [1.165, 1.54) is 18.6 Å². The van der Waals surface area contributed by atoms with E-state index in [2.05, 4.69) is 16.8 Å². The number of nitrogens with two attached hydrogens (primary N) is 1. The smallest absolute Gasteiger partial charge is 0.276 e. The van der Waals surface area contributed by atoms with Crippen LogP contribution in [0.15, 0.2) is 12.1 Å². The summed E-state index contributed by atoms with van der Waals surface area (Å²) in [6, 6.07) is 3.23. The number of nitro groups is 1. The first-order valence-electron chi connectivity index (χ1n) is 6.30. The number of nitrogens with zero attached hydrogens (tertiary/aromatic N) is 3. The third-order valence-corrected chi connectivity index (χ3v) is 3.42.